The third kappa shape index (κ3) is 4.20. The minimum Gasteiger partial charge on any atom is -0.461 e. The Morgan fingerprint density at radius 1 is 1.15 bits per heavy atom. The van der Waals surface area contributed by atoms with Crippen LogP contribution < -0.4 is 5.32 Å². The van der Waals surface area contributed by atoms with E-state index in [1.807, 2.05) is 0 Å². The van der Waals surface area contributed by atoms with E-state index in [-0.39, 0.29) is 36.3 Å². The Hall–Kier alpha value is -3.48. The predicted octanol–water partition coefficient (Wildman–Crippen LogP) is 3.59. The van der Waals surface area contributed by atoms with Crippen LogP contribution in [-0.4, -0.2) is 23.5 Å². The van der Waals surface area contributed by atoms with Crippen molar-refractivity contribution < 1.29 is 23.1 Å². The van der Waals surface area contributed by atoms with Crippen LogP contribution in [0.1, 0.15) is 33.3 Å². The zero-order valence-corrected chi connectivity index (χ0v) is 14.6. The van der Waals surface area contributed by atoms with Gasteiger partial charge in [0, 0.05) is 12.1 Å². The molecule has 7 heteroatoms. The number of halogens is 1. The second-order valence-electron chi connectivity index (χ2n) is 5.61. The molecule has 1 N–H and O–H groups in total. The van der Waals surface area contributed by atoms with E-state index in [9.17, 15) is 14.0 Å². The highest BCUT2D eigenvalue weighted by atomic mass is 19.1. The molecule has 0 bridgehead atoms. The molecule has 3 aromatic rings. The molecule has 0 fully saturated rings. The number of nitrogens with one attached hydrogen (secondary N) is 1. The summed E-state index contributed by atoms with van der Waals surface area (Å²) >= 11 is 0. The van der Waals surface area contributed by atoms with Gasteiger partial charge in [-0.2, -0.15) is 0 Å². The summed E-state index contributed by atoms with van der Waals surface area (Å²) in [5.41, 5.74) is 1.52. The average molecular weight is 368 g/mol. The number of hydrogen-bond donors (Lipinski definition) is 1. The normalized spacial score (nSPS) is 10.4. The van der Waals surface area contributed by atoms with E-state index >= 15 is 0 Å². The van der Waals surface area contributed by atoms with Gasteiger partial charge < -0.3 is 14.5 Å². The topological polar surface area (TPSA) is 81.4 Å². The van der Waals surface area contributed by atoms with Crippen molar-refractivity contribution >= 4 is 11.9 Å². The van der Waals surface area contributed by atoms with Gasteiger partial charge in [0.25, 0.3) is 5.91 Å². The number of esters is 1. The molecule has 1 aromatic heterocycles. The lowest BCUT2D eigenvalue weighted by molar-refractivity contribution is 0.0520. The van der Waals surface area contributed by atoms with Crippen LogP contribution in [0.15, 0.2) is 59.3 Å². The summed E-state index contributed by atoms with van der Waals surface area (Å²) in [7, 11) is 0. The highest BCUT2D eigenvalue weighted by Gasteiger charge is 2.23. The molecule has 1 amide bonds. The van der Waals surface area contributed by atoms with Crippen LogP contribution in [-0.2, 0) is 11.3 Å². The summed E-state index contributed by atoms with van der Waals surface area (Å²) in [6.07, 6.45) is 1.13. The molecule has 0 spiro atoms. The zero-order valence-electron chi connectivity index (χ0n) is 14.6. The largest absolute Gasteiger partial charge is 0.461 e. The Morgan fingerprint density at radius 2 is 1.89 bits per heavy atom. The maximum absolute atomic E-state index is 13.0. The number of hydrogen-bond acceptors (Lipinski definition) is 5. The molecule has 0 aliphatic carbocycles. The Balaban J connectivity index is 1.84. The van der Waals surface area contributed by atoms with Gasteiger partial charge in [0.1, 0.15) is 5.82 Å². The lowest BCUT2D eigenvalue weighted by atomic mass is 10.0. The van der Waals surface area contributed by atoms with Crippen LogP contribution in [0.25, 0.3) is 11.3 Å². The van der Waals surface area contributed by atoms with Crippen molar-refractivity contribution in [1.82, 2.24) is 10.3 Å². The first-order valence-electron chi connectivity index (χ1n) is 8.32. The molecule has 0 radical (unpaired) electrons. The molecular weight excluding hydrogens is 351 g/mol. The fourth-order valence-corrected chi connectivity index (χ4v) is 2.54. The second-order valence-corrected chi connectivity index (χ2v) is 5.61. The highest BCUT2D eigenvalue weighted by Crippen LogP contribution is 2.27. The summed E-state index contributed by atoms with van der Waals surface area (Å²) in [6, 6.07) is 12.6. The lowest BCUT2D eigenvalue weighted by Crippen LogP contribution is -2.23. The average Bonchev–Trinajstić information content (AvgIpc) is 3.17. The fraction of sp³-hybridized carbons (Fsp3) is 0.150. The first-order chi connectivity index (χ1) is 13.1. The molecule has 3 rings (SSSR count). The zero-order chi connectivity index (χ0) is 19.2. The van der Waals surface area contributed by atoms with Crippen molar-refractivity contribution in [1.29, 1.82) is 0 Å². The van der Waals surface area contributed by atoms with Crippen LogP contribution in [0, 0.1) is 5.82 Å². The van der Waals surface area contributed by atoms with E-state index in [1.54, 1.807) is 43.3 Å². The van der Waals surface area contributed by atoms with Crippen molar-refractivity contribution in [3.05, 3.63) is 77.6 Å². The molecule has 0 saturated heterocycles. The number of benzene rings is 2. The first-order valence-corrected chi connectivity index (χ1v) is 8.32. The van der Waals surface area contributed by atoms with Gasteiger partial charge in [0.05, 0.1) is 12.2 Å². The minimum atomic E-state index is -0.622. The van der Waals surface area contributed by atoms with Crippen LogP contribution in [0.4, 0.5) is 4.39 Å². The van der Waals surface area contributed by atoms with Gasteiger partial charge in [-0.15, -0.1) is 0 Å². The first kappa shape index (κ1) is 18.3. The molecule has 2 aromatic carbocycles. The van der Waals surface area contributed by atoms with Crippen molar-refractivity contribution in [3.8, 4) is 11.3 Å². The van der Waals surface area contributed by atoms with Gasteiger partial charge in [-0.25, -0.2) is 14.2 Å². The number of amides is 1. The van der Waals surface area contributed by atoms with Crippen LogP contribution in [0.3, 0.4) is 0 Å². The predicted molar refractivity (Wildman–Crippen MR) is 95.5 cm³/mol. The molecular formula is C20H17FN2O4. The highest BCUT2D eigenvalue weighted by molar-refractivity contribution is 6.03. The second kappa shape index (κ2) is 8.27. The van der Waals surface area contributed by atoms with Crippen LogP contribution >= 0.6 is 0 Å². The molecule has 0 unspecified atom stereocenters. The molecule has 1 heterocycles. The third-order valence-corrected chi connectivity index (χ3v) is 3.82. The van der Waals surface area contributed by atoms with E-state index < -0.39 is 5.97 Å². The van der Waals surface area contributed by atoms with Gasteiger partial charge in [0.15, 0.2) is 17.8 Å². The molecule has 138 valence electrons. The number of oxazole rings is 1. The Bertz CT molecular complexity index is 951. The summed E-state index contributed by atoms with van der Waals surface area (Å²) in [6.45, 7) is 2.12. The molecule has 0 saturated carbocycles. The quantitative estimate of drug-likeness (QED) is 0.673. The number of ether oxygens (including phenoxy) is 1. The maximum atomic E-state index is 13.0. The molecule has 6 nitrogen and oxygen atoms in total. The van der Waals surface area contributed by atoms with E-state index in [0.717, 1.165) is 12.0 Å². The number of aromatic nitrogens is 1. The molecule has 27 heavy (non-hydrogen) atoms. The summed E-state index contributed by atoms with van der Waals surface area (Å²) in [5.74, 6) is -1.16. The van der Waals surface area contributed by atoms with Crippen molar-refractivity contribution in [2.45, 2.75) is 13.5 Å². The SMILES string of the molecule is CCOC(=O)c1ncoc1-c1ccccc1C(=O)NCc1ccc(F)cc1. The van der Waals surface area contributed by atoms with Crippen LogP contribution in [0.5, 0.6) is 0 Å². The van der Waals surface area contributed by atoms with Crippen LogP contribution in [0.2, 0.25) is 0 Å². The fourth-order valence-electron chi connectivity index (χ4n) is 2.54. The summed E-state index contributed by atoms with van der Waals surface area (Å²) < 4.78 is 23.3. The van der Waals surface area contributed by atoms with E-state index in [2.05, 4.69) is 10.3 Å². The lowest BCUT2D eigenvalue weighted by Gasteiger charge is -2.09. The number of rotatable bonds is 6. The standard InChI is InChI=1S/C20H17FN2O4/c1-2-26-20(25)17-18(27-12-23-17)15-5-3-4-6-16(15)19(24)22-11-13-7-9-14(21)10-8-13/h3-10,12H,2,11H2,1H3,(H,22,24). The molecule has 0 aliphatic rings. The van der Waals surface area contributed by atoms with Gasteiger partial charge >= 0.3 is 5.97 Å². The Labute approximate surface area is 155 Å². The molecule has 0 atom stereocenters. The van der Waals surface area contributed by atoms with Gasteiger partial charge in [-0.05, 0) is 30.7 Å². The van der Waals surface area contributed by atoms with Crippen molar-refractivity contribution in [2.75, 3.05) is 6.61 Å². The Kier molecular flexibility index (Phi) is 5.61. The van der Waals surface area contributed by atoms with E-state index in [1.165, 1.54) is 12.1 Å². The number of carbonyl (C=O) groups is 2. The van der Waals surface area contributed by atoms with Gasteiger partial charge in [-0.3, -0.25) is 4.79 Å². The van der Waals surface area contributed by atoms with Gasteiger partial charge in [-0.1, -0.05) is 30.3 Å². The summed E-state index contributed by atoms with van der Waals surface area (Å²) in [5, 5.41) is 2.77. The monoisotopic (exact) mass is 368 g/mol. The van der Waals surface area contributed by atoms with Gasteiger partial charge in [0.2, 0.25) is 0 Å². The van der Waals surface area contributed by atoms with Crippen molar-refractivity contribution in [3.63, 3.8) is 0 Å². The minimum absolute atomic E-state index is 0.00985. The number of nitrogens with zero attached hydrogens (tertiary/aromatic N) is 1. The third-order valence-electron chi connectivity index (χ3n) is 3.82. The molecule has 0 aliphatic heterocycles. The maximum Gasteiger partial charge on any atom is 0.360 e. The summed E-state index contributed by atoms with van der Waals surface area (Å²) in [4.78, 5) is 28.6. The van der Waals surface area contributed by atoms with Crippen molar-refractivity contribution in [2.24, 2.45) is 0 Å². The van der Waals surface area contributed by atoms with E-state index in [4.69, 9.17) is 9.15 Å². The smallest absolute Gasteiger partial charge is 0.360 e. The van der Waals surface area contributed by atoms with E-state index in [0.29, 0.717) is 11.1 Å². The Morgan fingerprint density at radius 3 is 2.63 bits per heavy atom. The number of carbonyl (C=O) groups excluding carboxylic acids is 2.